The van der Waals surface area contributed by atoms with Crippen LogP contribution in [0.1, 0.15) is 25.2 Å². The van der Waals surface area contributed by atoms with Gasteiger partial charge in [-0.25, -0.2) is 4.98 Å². The highest BCUT2D eigenvalue weighted by molar-refractivity contribution is 5.33. The predicted octanol–water partition coefficient (Wildman–Crippen LogP) is 2.53. The number of hydrogen-bond donors (Lipinski definition) is 2. The first-order valence-electron chi connectivity index (χ1n) is 6.69. The second-order valence-electron chi connectivity index (χ2n) is 4.74. The maximum Gasteiger partial charge on any atom is 0.124 e. The topological polar surface area (TPSA) is 49.9 Å². The van der Waals surface area contributed by atoms with Gasteiger partial charge in [0.2, 0.25) is 0 Å². The molecule has 4 nitrogen and oxygen atoms in total. The summed E-state index contributed by atoms with van der Waals surface area (Å²) in [5.74, 6) is 1.97. The Hall–Kier alpha value is -1.81. The van der Waals surface area contributed by atoms with Crippen molar-refractivity contribution in [3.05, 3.63) is 48.0 Å². The minimum atomic E-state index is 0.198. The smallest absolute Gasteiger partial charge is 0.124 e. The van der Waals surface area contributed by atoms with Crippen molar-refractivity contribution in [3.63, 3.8) is 0 Å². The average molecular weight is 259 g/mol. The Labute approximate surface area is 114 Å². The van der Waals surface area contributed by atoms with Gasteiger partial charge in [0.05, 0.1) is 6.10 Å². The third kappa shape index (κ3) is 4.41. The molecule has 1 aromatic carbocycles. The van der Waals surface area contributed by atoms with Crippen molar-refractivity contribution in [1.82, 2.24) is 15.3 Å². The Morgan fingerprint density at radius 2 is 2.16 bits per heavy atom. The Balaban J connectivity index is 1.82. The lowest BCUT2D eigenvalue weighted by Gasteiger charge is -2.14. The van der Waals surface area contributed by atoms with Crippen molar-refractivity contribution in [2.24, 2.45) is 0 Å². The summed E-state index contributed by atoms with van der Waals surface area (Å²) in [7, 11) is 0. The van der Waals surface area contributed by atoms with E-state index in [0.29, 0.717) is 0 Å². The van der Waals surface area contributed by atoms with Gasteiger partial charge in [-0.2, -0.15) is 0 Å². The third-order valence-corrected chi connectivity index (χ3v) is 2.74. The van der Waals surface area contributed by atoms with E-state index in [1.807, 2.05) is 38.2 Å². The lowest BCUT2D eigenvalue weighted by Crippen LogP contribution is -2.18. The van der Waals surface area contributed by atoms with Crippen molar-refractivity contribution in [2.45, 2.75) is 32.9 Å². The van der Waals surface area contributed by atoms with Crippen LogP contribution in [0.15, 0.2) is 36.7 Å². The second kappa shape index (κ2) is 6.95. The lowest BCUT2D eigenvalue weighted by molar-refractivity contribution is 0.239. The zero-order valence-electron chi connectivity index (χ0n) is 11.5. The van der Waals surface area contributed by atoms with E-state index in [1.165, 1.54) is 5.56 Å². The fourth-order valence-corrected chi connectivity index (χ4v) is 1.88. The van der Waals surface area contributed by atoms with Crippen LogP contribution in [0.4, 0.5) is 0 Å². The molecule has 0 radical (unpaired) electrons. The van der Waals surface area contributed by atoms with Gasteiger partial charge in [-0.05, 0) is 19.9 Å². The number of nitrogens with one attached hydrogen (secondary N) is 2. The normalized spacial score (nSPS) is 10.9. The summed E-state index contributed by atoms with van der Waals surface area (Å²) in [6, 6.07) is 8.15. The van der Waals surface area contributed by atoms with Crippen molar-refractivity contribution in [2.75, 3.05) is 6.54 Å². The number of aromatic amines is 1. The lowest BCUT2D eigenvalue weighted by atomic mass is 10.2. The van der Waals surface area contributed by atoms with Crippen LogP contribution < -0.4 is 10.1 Å². The summed E-state index contributed by atoms with van der Waals surface area (Å²) in [5.41, 5.74) is 1.19. The second-order valence-corrected chi connectivity index (χ2v) is 4.74. The molecule has 1 heterocycles. The molecular formula is C15H21N3O. The fourth-order valence-electron chi connectivity index (χ4n) is 1.88. The summed E-state index contributed by atoms with van der Waals surface area (Å²) in [6.45, 7) is 5.79. The minimum Gasteiger partial charge on any atom is -0.491 e. The first-order valence-corrected chi connectivity index (χ1v) is 6.69. The van der Waals surface area contributed by atoms with E-state index >= 15 is 0 Å². The SMILES string of the molecule is CC(C)Oc1ccccc1CNCCc1ncc[nH]1. The molecular weight excluding hydrogens is 238 g/mol. The standard InChI is InChI=1S/C15H21N3O/c1-12(2)19-14-6-4-3-5-13(14)11-16-8-7-15-17-9-10-18-15/h3-6,9-10,12,16H,7-8,11H2,1-2H3,(H,17,18). The van der Waals surface area contributed by atoms with Gasteiger partial charge in [0, 0.05) is 37.5 Å². The van der Waals surface area contributed by atoms with Crippen LogP contribution in [-0.4, -0.2) is 22.6 Å². The van der Waals surface area contributed by atoms with Gasteiger partial charge < -0.3 is 15.0 Å². The van der Waals surface area contributed by atoms with Gasteiger partial charge >= 0.3 is 0 Å². The highest BCUT2D eigenvalue weighted by atomic mass is 16.5. The molecule has 1 aromatic heterocycles. The molecule has 0 saturated heterocycles. The number of benzene rings is 1. The van der Waals surface area contributed by atoms with Gasteiger partial charge in [-0.3, -0.25) is 0 Å². The molecule has 0 saturated carbocycles. The maximum absolute atomic E-state index is 5.79. The zero-order chi connectivity index (χ0) is 13.5. The van der Waals surface area contributed by atoms with E-state index in [-0.39, 0.29) is 6.10 Å². The van der Waals surface area contributed by atoms with Gasteiger partial charge in [-0.1, -0.05) is 18.2 Å². The van der Waals surface area contributed by atoms with Gasteiger partial charge in [-0.15, -0.1) is 0 Å². The van der Waals surface area contributed by atoms with Crippen molar-refractivity contribution >= 4 is 0 Å². The molecule has 0 fully saturated rings. The van der Waals surface area contributed by atoms with Crippen LogP contribution in [0, 0.1) is 0 Å². The first-order chi connectivity index (χ1) is 9.25. The number of H-pyrrole nitrogens is 1. The summed E-state index contributed by atoms with van der Waals surface area (Å²) >= 11 is 0. The van der Waals surface area contributed by atoms with Gasteiger partial charge in [0.25, 0.3) is 0 Å². The Bertz CT molecular complexity index is 480. The van der Waals surface area contributed by atoms with E-state index < -0.39 is 0 Å². The molecule has 0 aliphatic rings. The maximum atomic E-state index is 5.79. The molecule has 0 spiro atoms. The zero-order valence-corrected chi connectivity index (χ0v) is 11.5. The molecule has 2 rings (SSSR count). The number of rotatable bonds is 7. The van der Waals surface area contributed by atoms with E-state index in [1.54, 1.807) is 6.20 Å². The number of ether oxygens (including phenoxy) is 1. The van der Waals surface area contributed by atoms with E-state index in [9.17, 15) is 0 Å². The van der Waals surface area contributed by atoms with Crippen LogP contribution >= 0.6 is 0 Å². The summed E-state index contributed by atoms with van der Waals surface area (Å²) in [6.07, 6.45) is 4.73. The number of hydrogen-bond acceptors (Lipinski definition) is 3. The quantitative estimate of drug-likeness (QED) is 0.751. The van der Waals surface area contributed by atoms with Crippen LogP contribution in [0.2, 0.25) is 0 Å². The minimum absolute atomic E-state index is 0.198. The van der Waals surface area contributed by atoms with Crippen LogP contribution in [0.5, 0.6) is 5.75 Å². The number of nitrogens with zero attached hydrogens (tertiary/aromatic N) is 1. The highest BCUT2D eigenvalue weighted by Gasteiger charge is 2.04. The van der Waals surface area contributed by atoms with Gasteiger partial charge in [0.1, 0.15) is 11.6 Å². The molecule has 0 unspecified atom stereocenters. The van der Waals surface area contributed by atoms with Crippen LogP contribution in [-0.2, 0) is 13.0 Å². The summed E-state index contributed by atoms with van der Waals surface area (Å²) in [4.78, 5) is 7.29. The largest absolute Gasteiger partial charge is 0.491 e. The Morgan fingerprint density at radius 3 is 2.89 bits per heavy atom. The molecule has 0 atom stereocenters. The Morgan fingerprint density at radius 1 is 1.32 bits per heavy atom. The van der Waals surface area contributed by atoms with E-state index in [2.05, 4.69) is 21.4 Å². The molecule has 0 bridgehead atoms. The highest BCUT2D eigenvalue weighted by Crippen LogP contribution is 2.18. The molecule has 19 heavy (non-hydrogen) atoms. The Kier molecular flexibility index (Phi) is 4.98. The number of aromatic nitrogens is 2. The van der Waals surface area contributed by atoms with Gasteiger partial charge in [0.15, 0.2) is 0 Å². The molecule has 4 heteroatoms. The van der Waals surface area contributed by atoms with Crippen LogP contribution in [0.25, 0.3) is 0 Å². The molecule has 2 aromatic rings. The van der Waals surface area contributed by atoms with Crippen LogP contribution in [0.3, 0.4) is 0 Å². The fraction of sp³-hybridized carbons (Fsp3) is 0.400. The van der Waals surface area contributed by atoms with Crippen molar-refractivity contribution in [1.29, 1.82) is 0 Å². The summed E-state index contributed by atoms with van der Waals surface area (Å²) in [5, 5.41) is 3.41. The molecule has 0 aliphatic carbocycles. The first kappa shape index (κ1) is 13.6. The monoisotopic (exact) mass is 259 g/mol. The van der Waals surface area contributed by atoms with Crippen molar-refractivity contribution in [3.8, 4) is 5.75 Å². The third-order valence-electron chi connectivity index (χ3n) is 2.74. The summed E-state index contributed by atoms with van der Waals surface area (Å²) < 4.78 is 5.79. The molecule has 0 aliphatic heterocycles. The molecule has 2 N–H and O–H groups in total. The van der Waals surface area contributed by atoms with E-state index in [0.717, 1.165) is 31.1 Å². The molecule has 0 amide bonds. The predicted molar refractivity (Wildman–Crippen MR) is 76.2 cm³/mol. The molecule has 102 valence electrons. The number of imidazole rings is 1. The van der Waals surface area contributed by atoms with E-state index in [4.69, 9.17) is 4.74 Å². The number of para-hydroxylation sites is 1. The average Bonchev–Trinajstić information content (AvgIpc) is 2.89. The van der Waals surface area contributed by atoms with Crippen molar-refractivity contribution < 1.29 is 4.74 Å².